The lowest BCUT2D eigenvalue weighted by molar-refractivity contribution is -0.258. The van der Waals surface area contributed by atoms with E-state index in [9.17, 15) is 9.59 Å². The number of carbonyl (C=O) groups excluding carboxylic acids is 2. The molecule has 16 heteroatoms. The number of anilines is 4. The molecule has 4 aromatic carbocycles. The van der Waals surface area contributed by atoms with E-state index in [1.54, 1.807) is 50.1 Å². The Morgan fingerprint density at radius 1 is 0.453 bits per heavy atom. The number of alkyl halides is 6. The molecule has 1 fully saturated rings. The summed E-state index contributed by atoms with van der Waals surface area (Å²) in [6, 6.07) is 21.8. The number of carbonyl (C=O) groups is 2. The zero-order valence-corrected chi connectivity index (χ0v) is 44.7. The SMILES string of the molecule is CC(=O)Sc1ccc(C#Cc2cc(N(C)C)c(C#CC3=CC4=C5C(=C6C=C(C#Cc7cc(N(C)C)c(C#Cc8ccc(SC(C)=O)cc8)cc7N(C)C)O[C@@]6(C)[C@]4(C)O3)C(F)(F)C(F)(F)C5(F)F)cc2N(C)C)cc1. The standard InChI is InChI=1S/C59H50F6N4O4S2/c1-35(70)74-45-25-15-37(16-26-45)13-19-39-29-51(68(9)10)41(31-49(39)66(5)6)21-23-43-33-47-53-54(58(62,63)59(64,65)57(53,60)61)48-34-44(73-56(48,4)55(47,3)72-43)24-22-42-32-50(67(7)8)40(30-52(42)69(11)12)20-14-38-17-27-46(28-18-38)75-36(2)71/h15-18,25-34H,1-12H3/t55-,56-/m1/s1. The van der Waals surface area contributed by atoms with Gasteiger partial charge in [-0.1, -0.05) is 59.0 Å². The van der Waals surface area contributed by atoms with Crippen molar-refractivity contribution in [1.29, 1.82) is 0 Å². The number of allylic oxidation sites excluding steroid dienone is 4. The molecule has 0 bridgehead atoms. The first kappa shape index (κ1) is 53.8. The number of nitrogens with zero attached hydrogens (tertiary/aromatic N) is 4. The van der Waals surface area contributed by atoms with Gasteiger partial charge in [0.1, 0.15) is 0 Å². The minimum absolute atomic E-state index is 0.0345. The molecule has 4 aromatic rings. The predicted molar refractivity (Wildman–Crippen MR) is 286 cm³/mol. The zero-order valence-electron chi connectivity index (χ0n) is 43.1. The van der Waals surface area contributed by atoms with E-state index >= 15 is 26.3 Å². The molecule has 0 N–H and O–H groups in total. The van der Waals surface area contributed by atoms with E-state index in [2.05, 4.69) is 47.4 Å². The molecule has 2 aliphatic carbocycles. The monoisotopic (exact) mass is 1060 g/mol. The Bertz CT molecular complexity index is 3270. The molecule has 8 rings (SSSR count). The molecule has 0 unspecified atom stereocenters. The van der Waals surface area contributed by atoms with E-state index in [-0.39, 0.29) is 21.7 Å². The van der Waals surface area contributed by atoms with Crippen LogP contribution in [0.1, 0.15) is 61.1 Å². The summed E-state index contributed by atoms with van der Waals surface area (Å²) >= 11 is 2.24. The van der Waals surface area contributed by atoms with E-state index in [1.807, 2.05) is 98.7 Å². The molecule has 4 aliphatic rings. The molecule has 384 valence electrons. The van der Waals surface area contributed by atoms with Crippen molar-refractivity contribution in [2.45, 2.75) is 66.5 Å². The number of halogens is 6. The Hall–Kier alpha value is -7.50. The van der Waals surface area contributed by atoms with E-state index in [0.29, 0.717) is 56.1 Å². The van der Waals surface area contributed by atoms with Gasteiger partial charge in [-0.25, -0.2) is 0 Å². The second-order valence-electron chi connectivity index (χ2n) is 19.2. The lowest BCUT2D eigenvalue weighted by Gasteiger charge is -2.45. The fraction of sp³-hybridized carbons (Fsp3) is 0.288. The summed E-state index contributed by atoms with van der Waals surface area (Å²) in [7, 11) is 14.5. The fourth-order valence-corrected chi connectivity index (χ4v) is 10.4. The van der Waals surface area contributed by atoms with Gasteiger partial charge in [0.25, 0.3) is 0 Å². The highest BCUT2D eigenvalue weighted by Crippen LogP contribution is 2.69. The number of ether oxygens (including phenoxy) is 2. The van der Waals surface area contributed by atoms with Gasteiger partial charge in [0.2, 0.25) is 0 Å². The van der Waals surface area contributed by atoms with Gasteiger partial charge in [0, 0.05) is 113 Å². The minimum atomic E-state index is -5.82. The average Bonchev–Trinajstić information content (AvgIpc) is 4.03. The van der Waals surface area contributed by atoms with Crippen molar-refractivity contribution in [2.24, 2.45) is 0 Å². The maximum Gasteiger partial charge on any atom is 0.380 e. The summed E-state index contributed by atoms with van der Waals surface area (Å²) in [4.78, 5) is 32.0. The van der Waals surface area contributed by atoms with Gasteiger partial charge in [-0.05, 0) is 111 Å². The summed E-state index contributed by atoms with van der Waals surface area (Å²) in [5, 5.41) is -0.0690. The molecule has 0 amide bonds. The Labute approximate surface area is 441 Å². The third-order valence-electron chi connectivity index (χ3n) is 13.0. The average molecular weight is 1060 g/mol. The highest BCUT2D eigenvalue weighted by atomic mass is 32.2. The van der Waals surface area contributed by atoms with Crippen LogP contribution in [0.3, 0.4) is 0 Å². The topological polar surface area (TPSA) is 65.6 Å². The second-order valence-corrected chi connectivity index (χ2v) is 21.7. The molecule has 0 spiro atoms. The van der Waals surface area contributed by atoms with Gasteiger partial charge < -0.3 is 29.1 Å². The maximum absolute atomic E-state index is 16.2. The molecular weight excluding hydrogens is 1010 g/mol. The zero-order chi connectivity index (χ0) is 54.7. The smallest absolute Gasteiger partial charge is 0.380 e. The molecule has 0 radical (unpaired) electrons. The Morgan fingerprint density at radius 3 is 1.00 bits per heavy atom. The largest absolute Gasteiger partial charge is 0.470 e. The van der Waals surface area contributed by atoms with Gasteiger partial charge in [0.05, 0.1) is 45.0 Å². The van der Waals surface area contributed by atoms with Gasteiger partial charge in [0.15, 0.2) is 33.0 Å². The highest BCUT2D eigenvalue weighted by molar-refractivity contribution is 8.13. The first-order valence-electron chi connectivity index (χ1n) is 23.3. The van der Waals surface area contributed by atoms with Crippen LogP contribution >= 0.6 is 23.5 Å². The summed E-state index contributed by atoms with van der Waals surface area (Å²) in [6.07, 6.45) is 2.04. The van der Waals surface area contributed by atoms with Crippen molar-refractivity contribution < 1.29 is 45.4 Å². The summed E-state index contributed by atoms with van der Waals surface area (Å²) in [5.41, 5.74) is -2.29. The van der Waals surface area contributed by atoms with E-state index in [4.69, 9.17) is 9.47 Å². The van der Waals surface area contributed by atoms with Crippen molar-refractivity contribution in [2.75, 3.05) is 76.0 Å². The number of hydrogen-bond donors (Lipinski definition) is 0. The van der Waals surface area contributed by atoms with E-state index in [0.717, 1.165) is 45.5 Å². The number of rotatable bonds is 6. The molecular formula is C59H50F6N4O4S2. The van der Waals surface area contributed by atoms with Crippen molar-refractivity contribution in [3.8, 4) is 47.4 Å². The summed E-state index contributed by atoms with van der Waals surface area (Å²) in [6.45, 7) is 5.64. The maximum atomic E-state index is 16.2. The highest BCUT2D eigenvalue weighted by Gasteiger charge is 2.85. The predicted octanol–water partition coefficient (Wildman–Crippen LogP) is 11.3. The van der Waals surface area contributed by atoms with Crippen LogP contribution < -0.4 is 19.6 Å². The molecule has 0 aromatic heterocycles. The number of hydrogen-bond acceptors (Lipinski definition) is 10. The van der Waals surface area contributed by atoms with Crippen LogP contribution in [0.15, 0.2) is 129 Å². The third-order valence-corrected chi connectivity index (χ3v) is 14.6. The summed E-state index contributed by atoms with van der Waals surface area (Å²) < 4.78 is 109. The fourth-order valence-electron chi connectivity index (χ4n) is 9.15. The quantitative estimate of drug-likeness (QED) is 0.106. The Morgan fingerprint density at radius 2 is 0.733 bits per heavy atom. The van der Waals surface area contributed by atoms with Gasteiger partial charge in [-0.3, -0.25) is 9.59 Å². The normalized spacial score (nSPS) is 19.8. The van der Waals surface area contributed by atoms with Crippen molar-refractivity contribution >= 4 is 56.5 Å². The van der Waals surface area contributed by atoms with Gasteiger partial charge >= 0.3 is 17.8 Å². The van der Waals surface area contributed by atoms with Gasteiger partial charge in [-0.15, -0.1) is 0 Å². The number of benzene rings is 4. The van der Waals surface area contributed by atoms with E-state index < -0.39 is 51.3 Å². The number of fused-ring (bicyclic) bond motifs is 4. The lowest BCUT2D eigenvalue weighted by atomic mass is 9.67. The van der Waals surface area contributed by atoms with Crippen LogP contribution in [-0.4, -0.2) is 95.6 Å². The molecule has 1 saturated carbocycles. The Kier molecular flexibility index (Phi) is 14.1. The van der Waals surface area contributed by atoms with Crippen molar-refractivity contribution in [1.82, 2.24) is 0 Å². The lowest BCUT2D eigenvalue weighted by Crippen LogP contribution is -2.55. The number of thioether (sulfide) groups is 2. The van der Waals surface area contributed by atoms with Crippen molar-refractivity contribution in [3.63, 3.8) is 0 Å². The van der Waals surface area contributed by atoms with E-state index in [1.165, 1.54) is 27.7 Å². The molecule has 2 aliphatic heterocycles. The third kappa shape index (κ3) is 9.63. The summed E-state index contributed by atoms with van der Waals surface area (Å²) in [5.74, 6) is 7.68. The Balaban J connectivity index is 1.17. The molecule has 0 saturated heterocycles. The van der Waals surface area contributed by atoms with Crippen LogP contribution in [0.2, 0.25) is 0 Å². The first-order valence-corrected chi connectivity index (χ1v) is 24.9. The minimum Gasteiger partial charge on any atom is -0.470 e. The van der Waals surface area contributed by atoms with Crippen LogP contribution in [0.5, 0.6) is 0 Å². The van der Waals surface area contributed by atoms with Crippen LogP contribution in [-0.2, 0) is 19.1 Å². The van der Waals surface area contributed by atoms with Crippen LogP contribution in [0.25, 0.3) is 0 Å². The molecule has 2 heterocycles. The van der Waals surface area contributed by atoms with Crippen LogP contribution in [0.4, 0.5) is 49.1 Å². The second kappa shape index (κ2) is 19.6. The molecule has 75 heavy (non-hydrogen) atoms. The first-order chi connectivity index (χ1) is 35.1. The van der Waals surface area contributed by atoms with Crippen LogP contribution in [0, 0.1) is 47.4 Å². The molecule has 2 atom stereocenters. The molecule has 8 nitrogen and oxygen atoms in total. The van der Waals surface area contributed by atoms with Crippen molar-refractivity contribution in [3.05, 3.63) is 152 Å². The van der Waals surface area contributed by atoms with Gasteiger partial charge in [-0.2, -0.15) is 26.3 Å².